The predicted octanol–water partition coefficient (Wildman–Crippen LogP) is 2.67. The highest BCUT2D eigenvalue weighted by Crippen LogP contribution is 2.30. The molecule has 0 saturated carbocycles. The van der Waals surface area contributed by atoms with Crippen LogP contribution in [0.3, 0.4) is 0 Å². The molecule has 0 spiro atoms. The summed E-state index contributed by atoms with van der Waals surface area (Å²) in [6.07, 6.45) is 5.07. The van der Waals surface area contributed by atoms with Gasteiger partial charge in [-0.1, -0.05) is 0 Å². The Bertz CT molecular complexity index is 599. The summed E-state index contributed by atoms with van der Waals surface area (Å²) in [5.41, 5.74) is 0. The lowest BCUT2D eigenvalue weighted by Crippen LogP contribution is -2.35. The van der Waals surface area contributed by atoms with Crippen LogP contribution in [0.5, 0.6) is 5.75 Å². The number of thiophene rings is 1. The first-order valence-corrected chi connectivity index (χ1v) is 7.09. The fourth-order valence-corrected chi connectivity index (χ4v) is 2.73. The molecule has 2 aromatic heterocycles. The highest BCUT2D eigenvalue weighted by Gasteiger charge is 2.20. The number of aromatic nitrogens is 2. The SMILES string of the molecule is Cc1cc(OC(F)F)c(C(=O)N[C@H](C)Cn2ccnc2)s1. The first kappa shape index (κ1) is 15.4. The molecule has 5 nitrogen and oxygen atoms in total. The van der Waals surface area contributed by atoms with E-state index in [9.17, 15) is 13.6 Å². The Kier molecular flexibility index (Phi) is 4.89. The number of aryl methyl sites for hydroxylation is 1. The Morgan fingerprint density at radius 3 is 2.95 bits per heavy atom. The number of nitrogens with zero attached hydrogens (tertiary/aromatic N) is 2. The number of carbonyl (C=O) groups excluding carboxylic acids is 1. The number of rotatable bonds is 6. The minimum atomic E-state index is -2.95. The summed E-state index contributed by atoms with van der Waals surface area (Å²) in [5, 5.41) is 2.76. The molecule has 0 aliphatic rings. The van der Waals surface area contributed by atoms with Gasteiger partial charge in [0.15, 0.2) is 0 Å². The Hall–Kier alpha value is -1.96. The fraction of sp³-hybridized carbons (Fsp3) is 0.385. The lowest BCUT2D eigenvalue weighted by molar-refractivity contribution is -0.0498. The second-order valence-electron chi connectivity index (χ2n) is 4.56. The van der Waals surface area contributed by atoms with Crippen molar-refractivity contribution in [2.75, 3.05) is 0 Å². The molecule has 114 valence electrons. The van der Waals surface area contributed by atoms with Crippen LogP contribution in [-0.2, 0) is 6.54 Å². The number of imidazole rings is 1. The van der Waals surface area contributed by atoms with E-state index in [0.717, 1.165) is 16.2 Å². The van der Waals surface area contributed by atoms with Gasteiger partial charge in [0.25, 0.3) is 5.91 Å². The van der Waals surface area contributed by atoms with Crippen molar-refractivity contribution in [3.05, 3.63) is 34.5 Å². The van der Waals surface area contributed by atoms with E-state index in [1.165, 1.54) is 6.07 Å². The van der Waals surface area contributed by atoms with Crippen molar-refractivity contribution in [2.45, 2.75) is 33.0 Å². The molecule has 2 aromatic rings. The number of nitrogens with one attached hydrogen (secondary N) is 1. The Morgan fingerprint density at radius 1 is 1.57 bits per heavy atom. The Balaban J connectivity index is 2.02. The van der Waals surface area contributed by atoms with Crippen LogP contribution in [0, 0.1) is 6.92 Å². The maximum atomic E-state index is 12.3. The molecule has 2 heterocycles. The summed E-state index contributed by atoms with van der Waals surface area (Å²) in [4.78, 5) is 17.0. The summed E-state index contributed by atoms with van der Waals surface area (Å²) in [5.74, 6) is -0.504. The Labute approximate surface area is 124 Å². The summed E-state index contributed by atoms with van der Waals surface area (Å²) >= 11 is 1.12. The average Bonchev–Trinajstić information content (AvgIpc) is 2.98. The molecular weight excluding hydrogens is 300 g/mol. The number of carbonyl (C=O) groups is 1. The van der Waals surface area contributed by atoms with E-state index in [-0.39, 0.29) is 16.7 Å². The monoisotopic (exact) mass is 315 g/mol. The number of hydrogen-bond acceptors (Lipinski definition) is 4. The van der Waals surface area contributed by atoms with Crippen LogP contribution in [-0.4, -0.2) is 28.1 Å². The van der Waals surface area contributed by atoms with E-state index in [1.54, 1.807) is 25.6 Å². The van der Waals surface area contributed by atoms with E-state index >= 15 is 0 Å². The molecular formula is C13H15F2N3O2S. The Morgan fingerprint density at radius 2 is 2.33 bits per heavy atom. The van der Waals surface area contributed by atoms with Crippen molar-refractivity contribution >= 4 is 17.2 Å². The fourth-order valence-electron chi connectivity index (χ4n) is 1.88. The van der Waals surface area contributed by atoms with Crippen molar-refractivity contribution < 1.29 is 18.3 Å². The lowest BCUT2D eigenvalue weighted by atomic mass is 10.3. The molecule has 0 bridgehead atoms. The van der Waals surface area contributed by atoms with E-state index in [4.69, 9.17) is 0 Å². The first-order valence-electron chi connectivity index (χ1n) is 6.27. The molecule has 0 aliphatic heterocycles. The van der Waals surface area contributed by atoms with Crippen LogP contribution in [0.4, 0.5) is 8.78 Å². The highest BCUT2D eigenvalue weighted by atomic mass is 32.1. The first-order chi connectivity index (χ1) is 9.95. The van der Waals surface area contributed by atoms with Crippen LogP contribution in [0.25, 0.3) is 0 Å². The zero-order chi connectivity index (χ0) is 15.4. The van der Waals surface area contributed by atoms with Gasteiger partial charge in [0.1, 0.15) is 10.6 Å². The smallest absolute Gasteiger partial charge is 0.387 e. The largest absolute Gasteiger partial charge is 0.433 e. The van der Waals surface area contributed by atoms with E-state index in [2.05, 4.69) is 15.0 Å². The van der Waals surface area contributed by atoms with Crippen molar-refractivity contribution in [2.24, 2.45) is 0 Å². The van der Waals surface area contributed by atoms with Crippen molar-refractivity contribution in [1.29, 1.82) is 0 Å². The third kappa shape index (κ3) is 4.25. The second kappa shape index (κ2) is 6.66. The van der Waals surface area contributed by atoms with Gasteiger partial charge in [-0.2, -0.15) is 8.78 Å². The van der Waals surface area contributed by atoms with Crippen LogP contribution in [0.2, 0.25) is 0 Å². The summed E-state index contributed by atoms with van der Waals surface area (Å²) < 4.78 is 30.9. The van der Waals surface area contributed by atoms with Gasteiger partial charge in [0, 0.05) is 29.9 Å². The van der Waals surface area contributed by atoms with Gasteiger partial charge >= 0.3 is 6.61 Å². The summed E-state index contributed by atoms with van der Waals surface area (Å²) in [7, 11) is 0. The molecule has 0 fully saturated rings. The predicted molar refractivity (Wildman–Crippen MR) is 74.8 cm³/mol. The van der Waals surface area contributed by atoms with Crippen LogP contribution in [0.15, 0.2) is 24.8 Å². The number of hydrogen-bond donors (Lipinski definition) is 1. The maximum absolute atomic E-state index is 12.3. The highest BCUT2D eigenvalue weighted by molar-refractivity contribution is 7.14. The van der Waals surface area contributed by atoms with Gasteiger partial charge in [-0.15, -0.1) is 11.3 Å². The second-order valence-corrected chi connectivity index (χ2v) is 5.82. The number of ether oxygens (including phenoxy) is 1. The molecule has 2 rings (SSSR count). The molecule has 1 N–H and O–H groups in total. The van der Waals surface area contributed by atoms with Crippen LogP contribution < -0.4 is 10.1 Å². The molecule has 0 unspecified atom stereocenters. The topological polar surface area (TPSA) is 56.1 Å². The van der Waals surface area contributed by atoms with Crippen molar-refractivity contribution in [3.8, 4) is 5.75 Å². The van der Waals surface area contributed by atoms with Crippen LogP contribution >= 0.6 is 11.3 Å². The molecule has 21 heavy (non-hydrogen) atoms. The van der Waals surface area contributed by atoms with Gasteiger partial charge in [0.05, 0.1) is 6.33 Å². The summed E-state index contributed by atoms with van der Waals surface area (Å²) in [6.45, 7) is 1.15. The van der Waals surface area contributed by atoms with Gasteiger partial charge in [-0.25, -0.2) is 4.98 Å². The molecule has 0 saturated heterocycles. The average molecular weight is 315 g/mol. The molecule has 1 atom stereocenters. The van der Waals surface area contributed by atoms with Crippen molar-refractivity contribution in [3.63, 3.8) is 0 Å². The number of amides is 1. The minimum absolute atomic E-state index is 0.0835. The molecule has 0 radical (unpaired) electrons. The van der Waals surface area contributed by atoms with E-state index in [1.807, 2.05) is 11.5 Å². The lowest BCUT2D eigenvalue weighted by Gasteiger charge is -2.14. The minimum Gasteiger partial charge on any atom is -0.433 e. The maximum Gasteiger partial charge on any atom is 0.387 e. The van der Waals surface area contributed by atoms with Gasteiger partial charge in [-0.05, 0) is 19.9 Å². The third-order valence-corrected chi connectivity index (χ3v) is 3.70. The van der Waals surface area contributed by atoms with Crippen LogP contribution in [0.1, 0.15) is 21.5 Å². The summed E-state index contributed by atoms with van der Waals surface area (Å²) in [6, 6.07) is 1.26. The standard InChI is InChI=1S/C13H15F2N3O2S/c1-8(6-18-4-3-16-7-18)17-12(19)11-10(20-13(14)15)5-9(2)21-11/h3-5,7-8,13H,6H2,1-2H3,(H,17,19)/t8-/m1/s1. The van der Waals surface area contributed by atoms with Gasteiger partial charge < -0.3 is 14.6 Å². The third-order valence-electron chi connectivity index (χ3n) is 2.66. The zero-order valence-corrected chi connectivity index (χ0v) is 12.4. The zero-order valence-electron chi connectivity index (χ0n) is 11.5. The molecule has 1 amide bonds. The van der Waals surface area contributed by atoms with Gasteiger partial charge in [0.2, 0.25) is 0 Å². The van der Waals surface area contributed by atoms with Gasteiger partial charge in [-0.3, -0.25) is 4.79 Å². The molecule has 0 aromatic carbocycles. The van der Waals surface area contributed by atoms with Crippen molar-refractivity contribution in [1.82, 2.24) is 14.9 Å². The number of alkyl halides is 2. The normalized spacial score (nSPS) is 12.4. The number of halogens is 2. The quantitative estimate of drug-likeness (QED) is 0.891. The van der Waals surface area contributed by atoms with E-state index in [0.29, 0.717) is 6.54 Å². The van der Waals surface area contributed by atoms with E-state index < -0.39 is 12.5 Å². The molecule has 0 aliphatic carbocycles. The molecule has 8 heteroatoms.